The highest BCUT2D eigenvalue weighted by molar-refractivity contribution is 7.10. The zero-order chi connectivity index (χ0) is 19.0. The van der Waals surface area contributed by atoms with Crippen molar-refractivity contribution in [3.63, 3.8) is 0 Å². The number of fused-ring (bicyclic) bond motifs is 2. The Bertz CT molecular complexity index is 1020. The molecule has 0 saturated heterocycles. The van der Waals surface area contributed by atoms with Crippen molar-refractivity contribution in [2.45, 2.75) is 46.0 Å². The Hall–Kier alpha value is -2.13. The molecule has 2 nitrogen and oxygen atoms in total. The van der Waals surface area contributed by atoms with Crippen molar-refractivity contribution in [1.29, 1.82) is 0 Å². The summed E-state index contributed by atoms with van der Waals surface area (Å²) < 4.78 is 2.14. The molecule has 1 unspecified atom stereocenters. The van der Waals surface area contributed by atoms with Crippen LogP contribution in [0, 0.1) is 12.8 Å². The van der Waals surface area contributed by atoms with E-state index in [-0.39, 0.29) is 5.78 Å². The number of carbonyl (C=O) groups is 1. The summed E-state index contributed by atoms with van der Waals surface area (Å²) >= 11 is 1.83. The fourth-order valence-electron chi connectivity index (χ4n) is 4.46. The second-order valence-corrected chi connectivity index (χ2v) is 8.73. The molecule has 0 amide bonds. The van der Waals surface area contributed by atoms with E-state index < -0.39 is 0 Å². The quantitative estimate of drug-likeness (QED) is 0.471. The Morgan fingerprint density at radius 3 is 2.89 bits per heavy atom. The molecule has 140 valence electrons. The molecule has 1 aromatic carbocycles. The molecule has 3 aromatic rings. The van der Waals surface area contributed by atoms with Crippen LogP contribution in [0.1, 0.15) is 59.1 Å². The molecule has 1 aliphatic rings. The van der Waals surface area contributed by atoms with E-state index in [9.17, 15) is 4.79 Å². The van der Waals surface area contributed by atoms with Crippen molar-refractivity contribution in [3.8, 4) is 0 Å². The number of allylic oxidation sites excluding steroid dienone is 1. The van der Waals surface area contributed by atoms with Crippen LogP contribution in [0.5, 0.6) is 0 Å². The minimum absolute atomic E-state index is 0.212. The van der Waals surface area contributed by atoms with Crippen molar-refractivity contribution in [2.24, 2.45) is 13.0 Å². The van der Waals surface area contributed by atoms with Crippen LogP contribution in [-0.4, -0.2) is 10.4 Å². The predicted octanol–water partition coefficient (Wildman–Crippen LogP) is 6.57. The molecule has 1 atom stereocenters. The van der Waals surface area contributed by atoms with E-state index in [4.69, 9.17) is 0 Å². The van der Waals surface area contributed by atoms with Gasteiger partial charge in [-0.05, 0) is 61.3 Å². The lowest BCUT2D eigenvalue weighted by Gasteiger charge is -2.20. The number of carbonyl (C=O) groups excluding carboxylic acids is 1. The maximum Gasteiger partial charge on any atom is 0.191 e. The SMILES string of the molecule is CCCC1CCc2sccc2C=C(C(=O)c2c(C)n(C)c3ccccc23)C1. The van der Waals surface area contributed by atoms with Gasteiger partial charge in [-0.25, -0.2) is 0 Å². The second kappa shape index (κ2) is 7.47. The summed E-state index contributed by atoms with van der Waals surface area (Å²) in [6.07, 6.45) is 7.77. The van der Waals surface area contributed by atoms with E-state index in [1.54, 1.807) is 0 Å². The Morgan fingerprint density at radius 1 is 1.26 bits per heavy atom. The molecule has 0 saturated carbocycles. The van der Waals surface area contributed by atoms with Gasteiger partial charge in [0.15, 0.2) is 5.78 Å². The smallest absolute Gasteiger partial charge is 0.191 e. The number of para-hydroxylation sites is 1. The van der Waals surface area contributed by atoms with Gasteiger partial charge in [0.1, 0.15) is 0 Å². The summed E-state index contributed by atoms with van der Waals surface area (Å²) in [5.74, 6) is 0.806. The molecule has 0 N–H and O–H groups in total. The summed E-state index contributed by atoms with van der Waals surface area (Å²) in [4.78, 5) is 15.1. The molecule has 0 radical (unpaired) electrons. The van der Waals surface area contributed by atoms with Gasteiger partial charge < -0.3 is 4.57 Å². The molecule has 2 aromatic heterocycles. The van der Waals surface area contributed by atoms with Gasteiger partial charge in [-0.15, -0.1) is 11.3 Å². The Morgan fingerprint density at radius 2 is 2.07 bits per heavy atom. The van der Waals surface area contributed by atoms with Gasteiger partial charge >= 0.3 is 0 Å². The number of ketones is 1. The number of Topliss-reactive ketones (excluding diaryl/α,β-unsaturated/α-hetero) is 1. The highest BCUT2D eigenvalue weighted by Gasteiger charge is 2.25. The summed E-state index contributed by atoms with van der Waals surface area (Å²) in [5, 5.41) is 3.23. The van der Waals surface area contributed by atoms with E-state index >= 15 is 0 Å². The van der Waals surface area contributed by atoms with Gasteiger partial charge in [0, 0.05) is 34.1 Å². The van der Waals surface area contributed by atoms with Crippen molar-refractivity contribution < 1.29 is 4.79 Å². The summed E-state index contributed by atoms with van der Waals surface area (Å²) in [7, 11) is 2.05. The molecule has 0 spiro atoms. The average Bonchev–Trinajstić information content (AvgIpc) is 3.19. The van der Waals surface area contributed by atoms with Gasteiger partial charge in [0.2, 0.25) is 0 Å². The van der Waals surface area contributed by atoms with Crippen LogP contribution in [0.3, 0.4) is 0 Å². The van der Waals surface area contributed by atoms with E-state index in [2.05, 4.69) is 55.1 Å². The number of rotatable bonds is 4. The summed E-state index contributed by atoms with van der Waals surface area (Å²) in [5.41, 5.74) is 5.29. The molecule has 3 heteroatoms. The van der Waals surface area contributed by atoms with E-state index in [0.29, 0.717) is 5.92 Å². The number of thiophene rings is 1. The van der Waals surface area contributed by atoms with Crippen LogP contribution >= 0.6 is 11.3 Å². The van der Waals surface area contributed by atoms with Crippen LogP contribution < -0.4 is 0 Å². The minimum atomic E-state index is 0.212. The third-order valence-electron chi connectivity index (χ3n) is 6.01. The second-order valence-electron chi connectivity index (χ2n) is 7.73. The maximum atomic E-state index is 13.7. The molecule has 1 aliphatic carbocycles. The minimum Gasteiger partial charge on any atom is -0.347 e. The van der Waals surface area contributed by atoms with Crippen LogP contribution in [0.4, 0.5) is 0 Å². The first-order valence-electron chi connectivity index (χ1n) is 9.95. The van der Waals surface area contributed by atoms with Crippen LogP contribution in [0.25, 0.3) is 17.0 Å². The molecule has 2 heterocycles. The standard InChI is InChI=1S/C24H27NOS/c1-4-7-17-10-11-22-18(12-13-27-22)15-19(14-17)24(26)23-16(2)25(3)21-9-6-5-8-20(21)23/h5-6,8-9,12-13,15,17H,4,7,10-11,14H2,1-3H3. The van der Waals surface area contributed by atoms with E-state index in [1.807, 2.05) is 23.5 Å². The van der Waals surface area contributed by atoms with Crippen LogP contribution in [-0.2, 0) is 13.5 Å². The van der Waals surface area contributed by atoms with Gasteiger partial charge in [-0.2, -0.15) is 0 Å². The number of benzene rings is 1. The van der Waals surface area contributed by atoms with Gasteiger partial charge in [-0.1, -0.05) is 38.0 Å². The monoisotopic (exact) mass is 377 g/mol. The molecule has 0 aliphatic heterocycles. The highest BCUT2D eigenvalue weighted by atomic mass is 32.1. The first-order chi connectivity index (χ1) is 13.1. The van der Waals surface area contributed by atoms with Crippen molar-refractivity contribution in [3.05, 3.63) is 63.0 Å². The van der Waals surface area contributed by atoms with Crippen LogP contribution in [0.2, 0.25) is 0 Å². The highest BCUT2D eigenvalue weighted by Crippen LogP contribution is 2.35. The summed E-state index contributed by atoms with van der Waals surface area (Å²) in [6, 6.07) is 10.4. The fourth-order valence-corrected chi connectivity index (χ4v) is 5.34. The average molecular weight is 378 g/mol. The van der Waals surface area contributed by atoms with Gasteiger partial charge in [0.05, 0.1) is 5.56 Å². The van der Waals surface area contributed by atoms with Crippen LogP contribution in [0.15, 0.2) is 41.3 Å². The van der Waals surface area contributed by atoms with Crippen molar-refractivity contribution in [2.75, 3.05) is 0 Å². The van der Waals surface area contributed by atoms with Crippen molar-refractivity contribution >= 4 is 34.1 Å². The molecule has 4 rings (SSSR count). The summed E-state index contributed by atoms with van der Waals surface area (Å²) in [6.45, 7) is 4.31. The number of aromatic nitrogens is 1. The number of hydrogen-bond acceptors (Lipinski definition) is 2. The molecule has 0 fully saturated rings. The number of nitrogens with zero attached hydrogens (tertiary/aromatic N) is 1. The largest absolute Gasteiger partial charge is 0.347 e. The number of aryl methyl sites for hydroxylation is 2. The predicted molar refractivity (Wildman–Crippen MR) is 116 cm³/mol. The van der Waals surface area contributed by atoms with Gasteiger partial charge in [0.25, 0.3) is 0 Å². The Balaban J connectivity index is 1.82. The lowest BCUT2D eigenvalue weighted by Crippen LogP contribution is -2.13. The molecular formula is C24H27NOS. The lowest BCUT2D eigenvalue weighted by molar-refractivity contribution is 0.102. The maximum absolute atomic E-state index is 13.7. The Kier molecular flexibility index (Phi) is 5.05. The first kappa shape index (κ1) is 18.2. The van der Waals surface area contributed by atoms with E-state index in [1.165, 1.54) is 29.7 Å². The normalized spacial score (nSPS) is 17.3. The molecule has 27 heavy (non-hydrogen) atoms. The fraction of sp³-hybridized carbons (Fsp3) is 0.375. The zero-order valence-electron chi connectivity index (χ0n) is 16.4. The Labute approximate surface area is 165 Å². The lowest BCUT2D eigenvalue weighted by atomic mass is 9.84. The molecular weight excluding hydrogens is 350 g/mol. The number of hydrogen-bond donors (Lipinski definition) is 0. The first-order valence-corrected chi connectivity index (χ1v) is 10.8. The van der Waals surface area contributed by atoms with E-state index in [0.717, 1.165) is 40.6 Å². The molecule has 0 bridgehead atoms. The third-order valence-corrected chi connectivity index (χ3v) is 7.01. The van der Waals surface area contributed by atoms with Crippen molar-refractivity contribution in [1.82, 2.24) is 4.57 Å². The topological polar surface area (TPSA) is 22.0 Å². The van der Waals surface area contributed by atoms with Gasteiger partial charge in [-0.3, -0.25) is 4.79 Å². The zero-order valence-corrected chi connectivity index (χ0v) is 17.2. The third kappa shape index (κ3) is 3.29.